The SMILES string of the molecule is N#CCC=Cc1ccc(C2OCCO2)cc1. The number of nitriles is 1. The van der Waals surface area contributed by atoms with Crippen LogP contribution < -0.4 is 0 Å². The van der Waals surface area contributed by atoms with E-state index in [1.54, 1.807) is 0 Å². The molecule has 16 heavy (non-hydrogen) atoms. The van der Waals surface area contributed by atoms with Gasteiger partial charge in [0.15, 0.2) is 6.29 Å². The van der Waals surface area contributed by atoms with Crippen LogP contribution in [0.4, 0.5) is 0 Å². The van der Waals surface area contributed by atoms with Crippen LogP contribution in [0.15, 0.2) is 30.3 Å². The standard InChI is InChI=1S/C13H13NO2/c14-8-2-1-3-11-4-6-12(7-5-11)13-15-9-10-16-13/h1,3-7,13H,2,9-10H2. The Morgan fingerprint density at radius 3 is 2.56 bits per heavy atom. The van der Waals surface area contributed by atoms with Gasteiger partial charge in [-0.1, -0.05) is 36.4 Å². The predicted molar refractivity (Wildman–Crippen MR) is 60.4 cm³/mol. The molecule has 0 spiro atoms. The van der Waals surface area contributed by atoms with E-state index in [-0.39, 0.29) is 6.29 Å². The number of rotatable bonds is 3. The number of benzene rings is 1. The number of nitrogens with zero attached hydrogens (tertiary/aromatic N) is 1. The fourth-order valence-corrected chi connectivity index (χ4v) is 1.56. The first-order valence-corrected chi connectivity index (χ1v) is 5.27. The minimum absolute atomic E-state index is 0.211. The third-order valence-electron chi connectivity index (χ3n) is 2.35. The van der Waals surface area contributed by atoms with Crippen LogP contribution in [0.5, 0.6) is 0 Å². The number of hydrogen-bond donors (Lipinski definition) is 0. The van der Waals surface area contributed by atoms with Crippen LogP contribution in [0, 0.1) is 11.3 Å². The van der Waals surface area contributed by atoms with E-state index < -0.39 is 0 Å². The minimum atomic E-state index is -0.211. The van der Waals surface area contributed by atoms with Crippen molar-refractivity contribution in [1.29, 1.82) is 5.26 Å². The predicted octanol–water partition coefficient (Wildman–Crippen LogP) is 2.66. The zero-order valence-corrected chi connectivity index (χ0v) is 8.93. The van der Waals surface area contributed by atoms with Crippen molar-refractivity contribution >= 4 is 6.08 Å². The average Bonchev–Trinajstić information content (AvgIpc) is 2.84. The van der Waals surface area contributed by atoms with Gasteiger partial charge in [0.1, 0.15) is 0 Å². The van der Waals surface area contributed by atoms with Gasteiger partial charge in [-0.2, -0.15) is 5.26 Å². The summed E-state index contributed by atoms with van der Waals surface area (Å²) < 4.78 is 10.8. The second kappa shape index (κ2) is 5.45. The van der Waals surface area contributed by atoms with Crippen molar-refractivity contribution in [3.63, 3.8) is 0 Å². The summed E-state index contributed by atoms with van der Waals surface area (Å²) in [4.78, 5) is 0. The minimum Gasteiger partial charge on any atom is -0.346 e. The van der Waals surface area contributed by atoms with Crippen molar-refractivity contribution in [2.24, 2.45) is 0 Å². The Morgan fingerprint density at radius 2 is 1.94 bits per heavy atom. The summed E-state index contributed by atoms with van der Waals surface area (Å²) in [6, 6.07) is 10.0. The molecular formula is C13H13NO2. The van der Waals surface area contributed by atoms with Crippen molar-refractivity contribution in [2.75, 3.05) is 13.2 Å². The van der Waals surface area contributed by atoms with E-state index in [1.807, 2.05) is 36.4 Å². The van der Waals surface area contributed by atoms with Crippen molar-refractivity contribution in [3.05, 3.63) is 41.5 Å². The van der Waals surface area contributed by atoms with Crippen molar-refractivity contribution in [1.82, 2.24) is 0 Å². The van der Waals surface area contributed by atoms with Crippen molar-refractivity contribution in [2.45, 2.75) is 12.7 Å². The Hall–Kier alpha value is -1.63. The molecule has 82 valence electrons. The number of ether oxygens (including phenoxy) is 2. The third kappa shape index (κ3) is 2.69. The van der Waals surface area contributed by atoms with Crippen molar-refractivity contribution in [3.8, 4) is 6.07 Å². The Balaban J connectivity index is 2.01. The molecule has 0 aromatic heterocycles. The average molecular weight is 215 g/mol. The van der Waals surface area contributed by atoms with Gasteiger partial charge in [-0.3, -0.25) is 0 Å². The second-order valence-electron chi connectivity index (χ2n) is 3.50. The van der Waals surface area contributed by atoms with Gasteiger partial charge >= 0.3 is 0 Å². The highest BCUT2D eigenvalue weighted by Crippen LogP contribution is 2.23. The van der Waals surface area contributed by atoms with E-state index >= 15 is 0 Å². The molecule has 0 aliphatic carbocycles. The quantitative estimate of drug-likeness (QED) is 0.778. The van der Waals surface area contributed by atoms with Crippen LogP contribution in [0.2, 0.25) is 0 Å². The van der Waals surface area contributed by atoms with Gasteiger partial charge in [-0.05, 0) is 5.56 Å². The van der Waals surface area contributed by atoms with E-state index in [9.17, 15) is 0 Å². The Bertz CT molecular complexity index is 397. The summed E-state index contributed by atoms with van der Waals surface area (Å²) in [7, 11) is 0. The molecule has 1 saturated heterocycles. The molecule has 1 fully saturated rings. The normalized spacial score (nSPS) is 16.7. The van der Waals surface area contributed by atoms with Crippen LogP contribution in [0.3, 0.4) is 0 Å². The van der Waals surface area contributed by atoms with E-state index in [1.165, 1.54) is 0 Å². The van der Waals surface area contributed by atoms with Gasteiger partial charge in [-0.15, -0.1) is 0 Å². The fourth-order valence-electron chi connectivity index (χ4n) is 1.56. The summed E-state index contributed by atoms with van der Waals surface area (Å²) in [5.41, 5.74) is 2.12. The molecule has 1 aromatic rings. The fraction of sp³-hybridized carbons (Fsp3) is 0.308. The van der Waals surface area contributed by atoms with Crippen LogP contribution in [0.1, 0.15) is 23.8 Å². The molecule has 0 amide bonds. The lowest BCUT2D eigenvalue weighted by Gasteiger charge is -2.08. The molecule has 0 N–H and O–H groups in total. The lowest BCUT2D eigenvalue weighted by atomic mass is 10.1. The second-order valence-corrected chi connectivity index (χ2v) is 3.50. The first-order valence-electron chi connectivity index (χ1n) is 5.27. The lowest BCUT2D eigenvalue weighted by molar-refractivity contribution is -0.0441. The van der Waals surface area contributed by atoms with E-state index in [4.69, 9.17) is 14.7 Å². The molecule has 2 rings (SSSR count). The molecule has 1 aromatic carbocycles. The molecule has 1 aliphatic rings. The number of hydrogen-bond acceptors (Lipinski definition) is 3. The first-order chi connectivity index (χ1) is 7.90. The van der Waals surface area contributed by atoms with E-state index in [0.717, 1.165) is 11.1 Å². The summed E-state index contributed by atoms with van der Waals surface area (Å²) in [6.45, 7) is 1.32. The van der Waals surface area contributed by atoms with Gasteiger partial charge in [0.25, 0.3) is 0 Å². The summed E-state index contributed by atoms with van der Waals surface area (Å²) in [5, 5.41) is 8.40. The van der Waals surface area contributed by atoms with E-state index in [2.05, 4.69) is 6.07 Å². The Morgan fingerprint density at radius 1 is 1.25 bits per heavy atom. The molecule has 0 radical (unpaired) electrons. The molecule has 1 heterocycles. The lowest BCUT2D eigenvalue weighted by Crippen LogP contribution is -1.97. The molecule has 0 saturated carbocycles. The molecule has 1 aliphatic heterocycles. The molecule has 0 atom stereocenters. The van der Waals surface area contributed by atoms with Crippen LogP contribution in [0.25, 0.3) is 6.08 Å². The maximum absolute atomic E-state index is 8.40. The van der Waals surface area contributed by atoms with Crippen LogP contribution in [-0.4, -0.2) is 13.2 Å². The summed E-state index contributed by atoms with van der Waals surface area (Å²) in [6.07, 6.45) is 4.01. The highest BCUT2D eigenvalue weighted by Gasteiger charge is 2.17. The van der Waals surface area contributed by atoms with Crippen LogP contribution >= 0.6 is 0 Å². The molecule has 0 unspecified atom stereocenters. The zero-order valence-electron chi connectivity index (χ0n) is 8.93. The molecule has 3 nitrogen and oxygen atoms in total. The molecule has 0 bridgehead atoms. The highest BCUT2D eigenvalue weighted by atomic mass is 16.7. The van der Waals surface area contributed by atoms with Crippen molar-refractivity contribution < 1.29 is 9.47 Å². The Kier molecular flexibility index (Phi) is 3.71. The zero-order chi connectivity index (χ0) is 11.2. The van der Waals surface area contributed by atoms with Gasteiger partial charge in [0.05, 0.1) is 25.7 Å². The Labute approximate surface area is 94.9 Å². The summed E-state index contributed by atoms with van der Waals surface area (Å²) >= 11 is 0. The van der Waals surface area contributed by atoms with Gasteiger partial charge < -0.3 is 9.47 Å². The smallest absolute Gasteiger partial charge is 0.184 e. The monoisotopic (exact) mass is 215 g/mol. The van der Waals surface area contributed by atoms with Gasteiger partial charge in [-0.25, -0.2) is 0 Å². The third-order valence-corrected chi connectivity index (χ3v) is 2.35. The van der Waals surface area contributed by atoms with Gasteiger partial charge in [0, 0.05) is 5.56 Å². The maximum atomic E-state index is 8.40. The first kappa shape index (κ1) is 10.9. The molecule has 3 heteroatoms. The summed E-state index contributed by atoms with van der Waals surface area (Å²) in [5.74, 6) is 0. The van der Waals surface area contributed by atoms with Crippen LogP contribution in [-0.2, 0) is 9.47 Å². The van der Waals surface area contributed by atoms with E-state index in [0.29, 0.717) is 19.6 Å². The topological polar surface area (TPSA) is 42.2 Å². The largest absolute Gasteiger partial charge is 0.346 e. The number of allylic oxidation sites excluding steroid dienone is 1. The van der Waals surface area contributed by atoms with Gasteiger partial charge in [0.2, 0.25) is 0 Å². The highest BCUT2D eigenvalue weighted by molar-refractivity contribution is 5.50. The maximum Gasteiger partial charge on any atom is 0.184 e. The molecular weight excluding hydrogens is 202 g/mol.